The molecule has 0 spiro atoms. The van der Waals surface area contributed by atoms with Crippen molar-refractivity contribution >= 4 is 17.5 Å². The van der Waals surface area contributed by atoms with Crippen molar-refractivity contribution in [2.24, 2.45) is 0 Å². The summed E-state index contributed by atoms with van der Waals surface area (Å²) in [7, 11) is 0. The van der Waals surface area contributed by atoms with Crippen LogP contribution in [-0.4, -0.2) is 23.9 Å². The Bertz CT molecular complexity index is 971. The molecule has 3 nitrogen and oxygen atoms in total. The first-order valence-electron chi connectivity index (χ1n) is 12.4. The van der Waals surface area contributed by atoms with Gasteiger partial charge in [-0.25, -0.2) is 0 Å². The van der Waals surface area contributed by atoms with Gasteiger partial charge in [0.25, 0.3) is 0 Å². The maximum absolute atomic E-state index is 13.2. The molecule has 0 unspecified atom stereocenters. The zero-order valence-electron chi connectivity index (χ0n) is 20.2. The van der Waals surface area contributed by atoms with Crippen LogP contribution in [0.2, 0.25) is 5.02 Å². The molecule has 3 aromatic rings. The molecule has 0 atom stereocenters. The first-order valence-corrected chi connectivity index (χ1v) is 12.8. The predicted octanol–water partition coefficient (Wildman–Crippen LogP) is 7.50. The van der Waals surface area contributed by atoms with Crippen LogP contribution in [0.25, 0.3) is 0 Å². The van der Waals surface area contributed by atoms with Crippen LogP contribution < -0.4 is 4.74 Å². The summed E-state index contributed by atoms with van der Waals surface area (Å²) in [6.07, 6.45) is 7.20. The van der Waals surface area contributed by atoms with Crippen LogP contribution in [0.5, 0.6) is 5.75 Å². The summed E-state index contributed by atoms with van der Waals surface area (Å²) in [5.41, 5.74) is 3.35. The van der Waals surface area contributed by atoms with E-state index in [4.69, 9.17) is 16.3 Å². The SMILES string of the molecule is CCCCCCCN(CCc1ccc(Cl)cc1)C(=O)Cc1ccc(OCc2ccccc2)cc1. The Morgan fingerprint density at radius 2 is 1.44 bits per heavy atom. The quantitative estimate of drug-likeness (QED) is 0.225. The molecule has 0 radical (unpaired) electrons. The first-order chi connectivity index (χ1) is 16.6. The molecule has 1 amide bonds. The highest BCUT2D eigenvalue weighted by molar-refractivity contribution is 6.30. The molecule has 0 heterocycles. The van der Waals surface area contributed by atoms with E-state index in [0.29, 0.717) is 13.0 Å². The lowest BCUT2D eigenvalue weighted by molar-refractivity contribution is -0.130. The van der Waals surface area contributed by atoms with E-state index in [0.717, 1.165) is 47.8 Å². The van der Waals surface area contributed by atoms with Gasteiger partial charge in [-0.15, -0.1) is 0 Å². The van der Waals surface area contributed by atoms with Gasteiger partial charge in [-0.3, -0.25) is 4.79 Å². The van der Waals surface area contributed by atoms with Gasteiger partial charge in [0.2, 0.25) is 5.91 Å². The summed E-state index contributed by atoms with van der Waals surface area (Å²) in [4.78, 5) is 15.2. The number of amides is 1. The lowest BCUT2D eigenvalue weighted by Gasteiger charge is -2.23. The Morgan fingerprint density at radius 3 is 2.15 bits per heavy atom. The van der Waals surface area contributed by atoms with Gasteiger partial charge in [0.05, 0.1) is 6.42 Å². The Hall–Kier alpha value is -2.78. The molecule has 0 aliphatic heterocycles. The molecule has 0 aliphatic carbocycles. The smallest absolute Gasteiger partial charge is 0.226 e. The Balaban J connectivity index is 1.53. The molecule has 180 valence electrons. The van der Waals surface area contributed by atoms with Gasteiger partial charge in [0.15, 0.2) is 0 Å². The summed E-state index contributed by atoms with van der Waals surface area (Å²) in [6, 6.07) is 25.9. The van der Waals surface area contributed by atoms with Crippen molar-refractivity contribution in [3.8, 4) is 5.75 Å². The van der Waals surface area contributed by atoms with Crippen molar-refractivity contribution in [1.29, 1.82) is 0 Å². The molecule has 34 heavy (non-hydrogen) atoms. The minimum Gasteiger partial charge on any atom is -0.489 e. The van der Waals surface area contributed by atoms with Gasteiger partial charge in [-0.1, -0.05) is 98.8 Å². The largest absolute Gasteiger partial charge is 0.489 e. The molecular formula is C30H36ClNO2. The standard InChI is InChI=1S/C30H36ClNO2/c1-2-3-4-5-9-21-32(22-20-25-12-16-28(31)17-13-25)30(33)23-26-14-18-29(19-15-26)34-24-27-10-7-6-8-11-27/h6-8,10-19H,2-5,9,20-24H2,1H3. The maximum atomic E-state index is 13.2. The fourth-order valence-electron chi connectivity index (χ4n) is 3.91. The zero-order valence-corrected chi connectivity index (χ0v) is 21.0. The molecule has 0 saturated carbocycles. The number of hydrogen-bond donors (Lipinski definition) is 0. The monoisotopic (exact) mass is 477 g/mol. The number of benzene rings is 3. The van der Waals surface area contributed by atoms with Crippen LogP contribution in [0.15, 0.2) is 78.9 Å². The van der Waals surface area contributed by atoms with Crippen LogP contribution in [0, 0.1) is 0 Å². The zero-order chi connectivity index (χ0) is 24.0. The summed E-state index contributed by atoms with van der Waals surface area (Å²) in [5.74, 6) is 0.998. The molecule has 4 heteroatoms. The number of halogens is 1. The van der Waals surface area contributed by atoms with Crippen LogP contribution in [0.4, 0.5) is 0 Å². The third-order valence-electron chi connectivity index (χ3n) is 5.99. The Kier molecular flexibility index (Phi) is 11.0. The van der Waals surface area contributed by atoms with Gasteiger partial charge < -0.3 is 9.64 Å². The number of hydrogen-bond acceptors (Lipinski definition) is 2. The molecule has 0 fully saturated rings. The second kappa shape index (κ2) is 14.5. The predicted molar refractivity (Wildman–Crippen MR) is 141 cm³/mol. The van der Waals surface area contributed by atoms with Crippen molar-refractivity contribution in [2.75, 3.05) is 13.1 Å². The third kappa shape index (κ3) is 9.23. The second-order valence-corrected chi connectivity index (χ2v) is 9.20. The summed E-state index contributed by atoms with van der Waals surface area (Å²) in [6.45, 7) is 4.30. The lowest BCUT2D eigenvalue weighted by Crippen LogP contribution is -2.35. The lowest BCUT2D eigenvalue weighted by atomic mass is 10.1. The Morgan fingerprint density at radius 1 is 0.765 bits per heavy atom. The second-order valence-electron chi connectivity index (χ2n) is 8.77. The summed E-state index contributed by atoms with van der Waals surface area (Å²) < 4.78 is 5.88. The van der Waals surface area contributed by atoms with Gasteiger partial charge in [0, 0.05) is 18.1 Å². The van der Waals surface area contributed by atoms with Crippen LogP contribution >= 0.6 is 11.6 Å². The van der Waals surface area contributed by atoms with Crippen LogP contribution in [-0.2, 0) is 24.2 Å². The maximum Gasteiger partial charge on any atom is 0.226 e. The highest BCUT2D eigenvalue weighted by atomic mass is 35.5. The molecular weight excluding hydrogens is 442 g/mol. The van der Waals surface area contributed by atoms with Crippen molar-refractivity contribution in [3.05, 3.63) is 101 Å². The summed E-state index contributed by atoms with van der Waals surface area (Å²) >= 11 is 6.01. The van der Waals surface area contributed by atoms with Crippen molar-refractivity contribution in [2.45, 2.75) is 58.5 Å². The number of rotatable bonds is 14. The average Bonchev–Trinajstić information content (AvgIpc) is 2.87. The highest BCUT2D eigenvalue weighted by Gasteiger charge is 2.14. The molecule has 0 aromatic heterocycles. The first kappa shape index (κ1) is 25.8. The Labute approximate surface area is 209 Å². The van der Waals surface area contributed by atoms with E-state index in [1.807, 2.05) is 83.8 Å². The van der Waals surface area contributed by atoms with Crippen molar-refractivity contribution in [1.82, 2.24) is 4.90 Å². The molecule has 0 N–H and O–H groups in total. The minimum absolute atomic E-state index is 0.183. The highest BCUT2D eigenvalue weighted by Crippen LogP contribution is 2.16. The molecule has 0 aliphatic rings. The van der Waals surface area contributed by atoms with E-state index in [-0.39, 0.29) is 5.91 Å². The van der Waals surface area contributed by atoms with Gasteiger partial charge in [-0.2, -0.15) is 0 Å². The number of carbonyl (C=O) groups excluding carboxylic acids is 1. The fraction of sp³-hybridized carbons (Fsp3) is 0.367. The van der Waals surface area contributed by atoms with E-state index < -0.39 is 0 Å². The molecule has 0 saturated heterocycles. The topological polar surface area (TPSA) is 29.5 Å². The van der Waals surface area contributed by atoms with Gasteiger partial charge in [0.1, 0.15) is 12.4 Å². The van der Waals surface area contributed by atoms with E-state index in [1.54, 1.807) is 0 Å². The molecule has 3 aromatic carbocycles. The minimum atomic E-state index is 0.183. The third-order valence-corrected chi connectivity index (χ3v) is 6.25. The average molecular weight is 478 g/mol. The van der Waals surface area contributed by atoms with Crippen LogP contribution in [0.1, 0.15) is 55.7 Å². The van der Waals surface area contributed by atoms with Crippen molar-refractivity contribution in [3.63, 3.8) is 0 Å². The van der Waals surface area contributed by atoms with E-state index in [1.165, 1.54) is 31.2 Å². The van der Waals surface area contributed by atoms with Gasteiger partial charge >= 0.3 is 0 Å². The van der Waals surface area contributed by atoms with Crippen molar-refractivity contribution < 1.29 is 9.53 Å². The van der Waals surface area contributed by atoms with E-state index >= 15 is 0 Å². The number of unbranched alkanes of at least 4 members (excludes halogenated alkanes) is 4. The molecule has 3 rings (SSSR count). The summed E-state index contributed by atoms with van der Waals surface area (Å²) in [5, 5.41) is 0.740. The normalized spacial score (nSPS) is 10.8. The van der Waals surface area contributed by atoms with E-state index in [9.17, 15) is 4.79 Å². The number of ether oxygens (including phenoxy) is 1. The fourth-order valence-corrected chi connectivity index (χ4v) is 4.04. The van der Waals surface area contributed by atoms with Gasteiger partial charge in [-0.05, 0) is 53.8 Å². The van der Waals surface area contributed by atoms with E-state index in [2.05, 4.69) is 6.92 Å². The molecule has 0 bridgehead atoms. The number of carbonyl (C=O) groups is 1. The number of nitrogens with zero attached hydrogens (tertiary/aromatic N) is 1. The van der Waals surface area contributed by atoms with Crippen LogP contribution in [0.3, 0.4) is 0 Å².